The highest BCUT2D eigenvalue weighted by atomic mass is 16.8. The third-order valence-corrected chi connectivity index (χ3v) is 4.39. The number of carbonyl (C=O) groups is 1. The Labute approximate surface area is 141 Å². The van der Waals surface area contributed by atoms with E-state index in [1.807, 2.05) is 27.7 Å². The Morgan fingerprint density at radius 2 is 1.33 bits per heavy atom. The molecule has 0 bridgehead atoms. The first kappa shape index (κ1) is 17.9. The van der Waals surface area contributed by atoms with Crippen LogP contribution in [0.25, 0.3) is 0 Å². The zero-order valence-electron chi connectivity index (χ0n) is 14.9. The molecule has 8 nitrogen and oxygen atoms in total. The van der Waals surface area contributed by atoms with Gasteiger partial charge in [-0.05, 0) is 34.6 Å². The lowest BCUT2D eigenvalue weighted by Crippen LogP contribution is -2.63. The molecule has 1 aliphatic carbocycles. The molecular weight excluding hydrogens is 320 g/mol. The number of rotatable bonds is 3. The maximum Gasteiger partial charge on any atom is 0.508 e. The molecule has 2 heterocycles. The molecule has 3 fully saturated rings. The Kier molecular flexibility index (Phi) is 4.55. The van der Waals surface area contributed by atoms with Crippen molar-refractivity contribution in [2.24, 2.45) is 0 Å². The van der Waals surface area contributed by atoms with Crippen molar-refractivity contribution < 1.29 is 38.0 Å². The van der Waals surface area contributed by atoms with Crippen molar-refractivity contribution in [3.05, 3.63) is 0 Å². The Balaban J connectivity index is 1.90. The van der Waals surface area contributed by atoms with E-state index in [4.69, 9.17) is 33.2 Å². The number of ether oxygens (including phenoxy) is 7. The second kappa shape index (κ2) is 6.10. The minimum Gasteiger partial charge on any atom is -0.435 e. The molecule has 24 heavy (non-hydrogen) atoms. The second-order valence-electron chi connectivity index (χ2n) is 7.10. The van der Waals surface area contributed by atoms with Crippen LogP contribution in [0.4, 0.5) is 4.79 Å². The van der Waals surface area contributed by atoms with Crippen LogP contribution in [0.1, 0.15) is 34.6 Å². The number of hydrogen-bond acceptors (Lipinski definition) is 8. The van der Waals surface area contributed by atoms with E-state index in [-0.39, 0.29) is 12.7 Å². The lowest BCUT2D eigenvalue weighted by Gasteiger charge is -2.41. The van der Waals surface area contributed by atoms with E-state index >= 15 is 0 Å². The largest absolute Gasteiger partial charge is 0.508 e. The van der Waals surface area contributed by atoms with Crippen LogP contribution in [0, 0.1) is 0 Å². The molecule has 0 amide bonds. The molecule has 0 aromatic rings. The van der Waals surface area contributed by atoms with Gasteiger partial charge < -0.3 is 33.2 Å². The summed E-state index contributed by atoms with van der Waals surface area (Å²) in [5.41, 5.74) is 0. The van der Waals surface area contributed by atoms with E-state index in [1.54, 1.807) is 14.0 Å². The van der Waals surface area contributed by atoms with Gasteiger partial charge in [-0.15, -0.1) is 0 Å². The number of methoxy groups -OCH3 is 1. The first-order chi connectivity index (χ1) is 11.2. The van der Waals surface area contributed by atoms with Crippen molar-refractivity contribution in [1.82, 2.24) is 0 Å². The van der Waals surface area contributed by atoms with Gasteiger partial charge in [-0.2, -0.15) is 0 Å². The monoisotopic (exact) mass is 346 g/mol. The van der Waals surface area contributed by atoms with Crippen molar-refractivity contribution in [1.29, 1.82) is 0 Å². The standard InChI is InChI=1S/C16H26O8/c1-7-19-14(17)20-9-8(18-6)10-12(23-15(2,3)21-10)13-11(9)22-16(4,5)24-13/h8-13H,7H2,1-6H3. The zero-order valence-corrected chi connectivity index (χ0v) is 14.9. The predicted octanol–water partition coefficient (Wildman–Crippen LogP) is 1.60. The highest BCUT2D eigenvalue weighted by Gasteiger charge is 2.65. The molecule has 0 spiro atoms. The van der Waals surface area contributed by atoms with Gasteiger partial charge in [0, 0.05) is 7.11 Å². The SMILES string of the molecule is CCOC(=O)OC1C(OC)C2OC(C)(C)OC2C2OC(C)(C)OC12. The normalized spacial score (nSPS) is 42.2. The fourth-order valence-electron chi connectivity index (χ4n) is 3.69. The van der Waals surface area contributed by atoms with E-state index in [0.29, 0.717) is 0 Å². The average Bonchev–Trinajstić information content (AvgIpc) is 2.95. The molecular formula is C16H26O8. The van der Waals surface area contributed by atoms with Gasteiger partial charge in [0.2, 0.25) is 0 Å². The van der Waals surface area contributed by atoms with E-state index < -0.39 is 48.2 Å². The summed E-state index contributed by atoms with van der Waals surface area (Å²) < 4.78 is 40.0. The molecule has 0 aromatic heterocycles. The molecule has 2 saturated heterocycles. The molecule has 0 aromatic carbocycles. The van der Waals surface area contributed by atoms with E-state index in [1.165, 1.54) is 0 Å². The maximum absolute atomic E-state index is 11.9. The fourth-order valence-corrected chi connectivity index (χ4v) is 3.69. The highest BCUT2D eigenvalue weighted by Crippen LogP contribution is 2.46. The first-order valence-corrected chi connectivity index (χ1v) is 8.25. The Hall–Kier alpha value is -0.930. The van der Waals surface area contributed by atoms with Crippen LogP contribution < -0.4 is 0 Å². The number of fused-ring (bicyclic) bond motifs is 3. The minimum atomic E-state index is -0.825. The molecule has 0 radical (unpaired) electrons. The van der Waals surface area contributed by atoms with Crippen molar-refractivity contribution in [3.8, 4) is 0 Å². The van der Waals surface area contributed by atoms with Crippen molar-refractivity contribution in [2.45, 2.75) is 82.8 Å². The predicted molar refractivity (Wildman–Crippen MR) is 80.3 cm³/mol. The second-order valence-corrected chi connectivity index (χ2v) is 7.10. The summed E-state index contributed by atoms with van der Waals surface area (Å²) in [6, 6.07) is 0. The van der Waals surface area contributed by atoms with Crippen LogP contribution in [0.15, 0.2) is 0 Å². The fraction of sp³-hybridized carbons (Fsp3) is 0.938. The van der Waals surface area contributed by atoms with E-state index in [2.05, 4.69) is 0 Å². The first-order valence-electron chi connectivity index (χ1n) is 8.25. The molecule has 8 heteroatoms. The van der Waals surface area contributed by atoms with Gasteiger partial charge in [-0.25, -0.2) is 4.79 Å². The molecule has 1 saturated carbocycles. The summed E-state index contributed by atoms with van der Waals surface area (Å²) in [5.74, 6) is -1.61. The van der Waals surface area contributed by atoms with Crippen LogP contribution >= 0.6 is 0 Å². The number of hydrogen-bond donors (Lipinski definition) is 0. The summed E-state index contributed by atoms with van der Waals surface area (Å²) in [5, 5.41) is 0. The summed E-state index contributed by atoms with van der Waals surface area (Å²) >= 11 is 0. The zero-order chi connectivity index (χ0) is 17.7. The lowest BCUT2D eigenvalue weighted by molar-refractivity contribution is -0.191. The molecule has 0 N–H and O–H groups in total. The molecule has 2 aliphatic heterocycles. The summed E-state index contributed by atoms with van der Waals surface area (Å²) in [6.07, 6.45) is -3.83. The van der Waals surface area contributed by atoms with Crippen LogP contribution in [-0.2, 0) is 33.2 Å². The molecule has 6 unspecified atom stereocenters. The van der Waals surface area contributed by atoms with Crippen molar-refractivity contribution in [3.63, 3.8) is 0 Å². The van der Waals surface area contributed by atoms with E-state index in [0.717, 1.165) is 0 Å². The summed E-state index contributed by atoms with van der Waals surface area (Å²) in [6.45, 7) is 9.21. The molecule has 3 rings (SSSR count). The quantitative estimate of drug-likeness (QED) is 0.713. The van der Waals surface area contributed by atoms with E-state index in [9.17, 15) is 4.79 Å². The Bertz CT molecular complexity index is 490. The van der Waals surface area contributed by atoms with Crippen LogP contribution in [0.5, 0.6) is 0 Å². The Morgan fingerprint density at radius 1 is 0.875 bits per heavy atom. The maximum atomic E-state index is 11.9. The topological polar surface area (TPSA) is 81.7 Å². The van der Waals surface area contributed by atoms with Crippen molar-refractivity contribution >= 4 is 6.16 Å². The highest BCUT2D eigenvalue weighted by molar-refractivity contribution is 5.60. The van der Waals surface area contributed by atoms with Gasteiger partial charge in [-0.1, -0.05) is 0 Å². The molecule has 3 aliphatic rings. The van der Waals surface area contributed by atoms with Gasteiger partial charge in [0.15, 0.2) is 17.7 Å². The number of carbonyl (C=O) groups excluding carboxylic acids is 1. The van der Waals surface area contributed by atoms with Gasteiger partial charge in [0.05, 0.1) is 6.61 Å². The smallest absolute Gasteiger partial charge is 0.435 e. The lowest BCUT2D eigenvalue weighted by atomic mass is 9.85. The van der Waals surface area contributed by atoms with Crippen molar-refractivity contribution in [2.75, 3.05) is 13.7 Å². The van der Waals surface area contributed by atoms with Gasteiger partial charge in [-0.3, -0.25) is 0 Å². The minimum absolute atomic E-state index is 0.221. The van der Waals surface area contributed by atoms with Crippen LogP contribution in [0.2, 0.25) is 0 Å². The summed E-state index contributed by atoms with van der Waals surface area (Å²) in [4.78, 5) is 11.9. The molecule has 6 atom stereocenters. The third-order valence-electron chi connectivity index (χ3n) is 4.39. The van der Waals surface area contributed by atoms with Gasteiger partial charge in [0.25, 0.3) is 0 Å². The Morgan fingerprint density at radius 3 is 1.79 bits per heavy atom. The van der Waals surface area contributed by atoms with Gasteiger partial charge >= 0.3 is 6.16 Å². The average molecular weight is 346 g/mol. The molecule has 138 valence electrons. The van der Waals surface area contributed by atoms with Crippen LogP contribution in [0.3, 0.4) is 0 Å². The van der Waals surface area contributed by atoms with Crippen LogP contribution in [-0.4, -0.2) is 68.1 Å². The van der Waals surface area contributed by atoms with Gasteiger partial charge in [0.1, 0.15) is 30.5 Å². The third kappa shape index (κ3) is 3.13. The summed E-state index contributed by atoms with van der Waals surface area (Å²) in [7, 11) is 1.54.